The number of rotatable bonds is 4. The highest BCUT2D eigenvalue weighted by Crippen LogP contribution is 2.54. The Morgan fingerprint density at radius 1 is 0.857 bits per heavy atom. The van der Waals surface area contributed by atoms with Crippen LogP contribution in [-0.4, -0.2) is 48.0 Å². The average Bonchev–Trinajstić information content (AvgIpc) is 3.74. The smallest absolute Gasteiger partial charge is 0.288 e. The fraction of sp³-hybridized carbons (Fsp3) is 0.538. The Kier molecular flexibility index (Phi) is 5.65. The number of aryl methyl sites for hydroxylation is 1. The van der Waals surface area contributed by atoms with Crippen LogP contribution in [0.25, 0.3) is 0 Å². The average molecular weight is 586 g/mol. The molecule has 2 aliphatic carbocycles. The standard InChI is InChI=1S/C26H31IN6O2/c1-17-14-20(29-24(28-17)33-13-10-26(16-33)6-7-26)23(35)31-30-22(34)19-3-2-18(27)15-21(19)32-11-8-25(4-5-25)9-12-32/h2-3,14-15H,4-13,16H2,1H3,(H,30,34)(H,31,35). The number of hydrogen-bond acceptors (Lipinski definition) is 6. The molecule has 0 radical (unpaired) electrons. The molecule has 184 valence electrons. The zero-order chi connectivity index (χ0) is 24.2. The van der Waals surface area contributed by atoms with E-state index < -0.39 is 5.91 Å². The first-order valence-electron chi connectivity index (χ1n) is 12.6. The van der Waals surface area contributed by atoms with Crippen molar-refractivity contribution in [3.8, 4) is 0 Å². The third-order valence-corrected chi connectivity index (χ3v) is 9.04. The van der Waals surface area contributed by atoms with Gasteiger partial charge in [-0.2, -0.15) is 0 Å². The van der Waals surface area contributed by atoms with Crippen LogP contribution in [0.15, 0.2) is 24.3 Å². The third kappa shape index (κ3) is 4.71. The number of carbonyl (C=O) groups excluding carboxylic acids is 2. The molecule has 2 saturated heterocycles. The van der Waals surface area contributed by atoms with Crippen molar-refractivity contribution >= 4 is 46.0 Å². The van der Waals surface area contributed by atoms with Crippen molar-refractivity contribution in [1.82, 2.24) is 20.8 Å². The first-order valence-corrected chi connectivity index (χ1v) is 13.7. The minimum atomic E-state index is -0.439. The summed E-state index contributed by atoms with van der Waals surface area (Å²) in [6.07, 6.45) is 8.76. The van der Waals surface area contributed by atoms with Crippen molar-refractivity contribution in [2.45, 2.75) is 51.9 Å². The van der Waals surface area contributed by atoms with Crippen molar-refractivity contribution in [1.29, 1.82) is 0 Å². The highest BCUT2D eigenvalue weighted by atomic mass is 127. The van der Waals surface area contributed by atoms with Gasteiger partial charge in [-0.05, 0) is 110 Å². The number of hydrogen-bond donors (Lipinski definition) is 2. The van der Waals surface area contributed by atoms with Crippen LogP contribution in [0.5, 0.6) is 0 Å². The topological polar surface area (TPSA) is 90.5 Å². The van der Waals surface area contributed by atoms with E-state index in [-0.39, 0.29) is 11.6 Å². The zero-order valence-corrected chi connectivity index (χ0v) is 22.2. The molecular weight excluding hydrogens is 555 g/mol. The minimum absolute atomic E-state index is 0.262. The Balaban J connectivity index is 1.13. The van der Waals surface area contributed by atoms with E-state index in [4.69, 9.17) is 0 Å². The second kappa shape index (κ2) is 8.60. The molecule has 0 unspecified atom stereocenters. The van der Waals surface area contributed by atoms with Crippen molar-refractivity contribution in [2.24, 2.45) is 10.8 Å². The molecule has 6 rings (SSSR count). The van der Waals surface area contributed by atoms with Crippen molar-refractivity contribution < 1.29 is 9.59 Å². The molecule has 2 amide bonds. The van der Waals surface area contributed by atoms with Gasteiger partial charge in [0, 0.05) is 35.4 Å². The van der Waals surface area contributed by atoms with Crippen LogP contribution in [0, 0.1) is 21.3 Å². The predicted molar refractivity (Wildman–Crippen MR) is 142 cm³/mol. The predicted octanol–water partition coefficient (Wildman–Crippen LogP) is 3.84. The maximum absolute atomic E-state index is 13.1. The molecule has 4 aliphatic rings. The Morgan fingerprint density at radius 3 is 2.20 bits per heavy atom. The van der Waals surface area contributed by atoms with Gasteiger partial charge in [-0.1, -0.05) is 0 Å². The lowest BCUT2D eigenvalue weighted by Gasteiger charge is -2.35. The van der Waals surface area contributed by atoms with Crippen LogP contribution in [0.2, 0.25) is 0 Å². The quantitative estimate of drug-likeness (QED) is 0.418. The van der Waals surface area contributed by atoms with E-state index in [1.807, 2.05) is 19.1 Å². The number of aromatic nitrogens is 2. The maximum Gasteiger partial charge on any atom is 0.288 e. The summed E-state index contributed by atoms with van der Waals surface area (Å²) in [5, 5.41) is 0. The number of anilines is 2. The molecular formula is C26H31IN6O2. The number of halogens is 1. The molecule has 2 N–H and O–H groups in total. The lowest BCUT2D eigenvalue weighted by molar-refractivity contribution is 0.0844. The molecule has 1 aromatic heterocycles. The SMILES string of the molecule is Cc1cc(C(=O)NNC(=O)c2ccc(I)cc2N2CCC3(CC2)CC3)nc(N2CCC3(CC3)C2)n1. The number of hydrazine groups is 1. The van der Waals surface area contributed by atoms with Crippen molar-refractivity contribution in [3.05, 3.63) is 44.8 Å². The molecule has 0 bridgehead atoms. The van der Waals surface area contributed by atoms with Gasteiger partial charge in [0.15, 0.2) is 0 Å². The van der Waals surface area contributed by atoms with Gasteiger partial charge >= 0.3 is 0 Å². The summed E-state index contributed by atoms with van der Waals surface area (Å²) in [7, 11) is 0. The van der Waals surface area contributed by atoms with Crippen LogP contribution in [0.3, 0.4) is 0 Å². The van der Waals surface area contributed by atoms with Gasteiger partial charge in [-0.25, -0.2) is 9.97 Å². The van der Waals surface area contributed by atoms with E-state index in [9.17, 15) is 9.59 Å². The lowest BCUT2D eigenvalue weighted by Crippen LogP contribution is -2.43. The summed E-state index contributed by atoms with van der Waals surface area (Å²) in [4.78, 5) is 39.6. The van der Waals surface area contributed by atoms with Gasteiger partial charge in [0.1, 0.15) is 5.69 Å². The zero-order valence-electron chi connectivity index (χ0n) is 20.1. The Morgan fingerprint density at radius 2 is 1.51 bits per heavy atom. The summed E-state index contributed by atoms with van der Waals surface area (Å²) in [6, 6.07) is 7.49. The van der Waals surface area contributed by atoms with Gasteiger partial charge in [0.05, 0.1) is 11.3 Å². The Bertz CT molecular complexity index is 1180. The minimum Gasteiger partial charge on any atom is -0.371 e. The highest BCUT2D eigenvalue weighted by Gasteiger charge is 2.48. The highest BCUT2D eigenvalue weighted by molar-refractivity contribution is 14.1. The third-order valence-electron chi connectivity index (χ3n) is 8.37. The van der Waals surface area contributed by atoms with Crippen LogP contribution < -0.4 is 20.7 Å². The maximum atomic E-state index is 13.1. The molecule has 3 heterocycles. The summed E-state index contributed by atoms with van der Waals surface area (Å²) in [5.41, 5.74) is 8.71. The first kappa shape index (κ1) is 23.0. The van der Waals surface area contributed by atoms with Crippen LogP contribution >= 0.6 is 22.6 Å². The van der Waals surface area contributed by atoms with Crippen molar-refractivity contribution in [3.63, 3.8) is 0 Å². The number of benzene rings is 1. The van der Waals surface area contributed by atoms with Gasteiger partial charge in [-0.3, -0.25) is 20.4 Å². The summed E-state index contributed by atoms with van der Waals surface area (Å²) < 4.78 is 1.09. The van der Waals surface area contributed by atoms with E-state index in [1.165, 1.54) is 38.5 Å². The van der Waals surface area contributed by atoms with E-state index in [0.29, 0.717) is 22.3 Å². The molecule has 1 aromatic carbocycles. The largest absolute Gasteiger partial charge is 0.371 e. The van der Waals surface area contributed by atoms with Gasteiger partial charge < -0.3 is 9.80 Å². The molecule has 8 nitrogen and oxygen atoms in total. The summed E-state index contributed by atoms with van der Waals surface area (Å²) >= 11 is 2.28. The number of piperidine rings is 1. The molecule has 2 aromatic rings. The Labute approximate surface area is 219 Å². The second-order valence-corrected chi connectivity index (χ2v) is 12.2. The van der Waals surface area contributed by atoms with Gasteiger partial charge in [-0.15, -0.1) is 0 Å². The van der Waals surface area contributed by atoms with Crippen LogP contribution in [0.4, 0.5) is 11.6 Å². The molecule has 2 aliphatic heterocycles. The van der Waals surface area contributed by atoms with E-state index >= 15 is 0 Å². The second-order valence-electron chi connectivity index (χ2n) is 10.9. The first-order chi connectivity index (χ1) is 16.8. The fourth-order valence-corrected chi connectivity index (χ4v) is 6.08. The molecule has 35 heavy (non-hydrogen) atoms. The number of carbonyl (C=O) groups is 2. The van der Waals surface area contributed by atoms with Gasteiger partial charge in [0.25, 0.3) is 11.8 Å². The van der Waals surface area contributed by atoms with E-state index in [0.717, 1.165) is 47.6 Å². The van der Waals surface area contributed by atoms with E-state index in [2.05, 4.69) is 59.3 Å². The van der Waals surface area contributed by atoms with Crippen LogP contribution in [-0.2, 0) is 0 Å². The fourth-order valence-electron chi connectivity index (χ4n) is 5.60. The Hall–Kier alpha value is -2.43. The monoisotopic (exact) mass is 586 g/mol. The van der Waals surface area contributed by atoms with E-state index in [1.54, 1.807) is 6.07 Å². The molecule has 4 fully saturated rings. The van der Waals surface area contributed by atoms with Crippen molar-refractivity contribution in [2.75, 3.05) is 36.0 Å². The summed E-state index contributed by atoms with van der Waals surface area (Å²) in [6.45, 7) is 5.68. The number of nitrogens with one attached hydrogen (secondary N) is 2. The number of nitrogens with zero attached hydrogens (tertiary/aromatic N) is 4. The summed E-state index contributed by atoms with van der Waals surface area (Å²) in [5.74, 6) is -0.160. The van der Waals surface area contributed by atoms with Crippen LogP contribution in [0.1, 0.15) is 71.5 Å². The lowest BCUT2D eigenvalue weighted by atomic mass is 9.93. The van der Waals surface area contributed by atoms with Gasteiger partial charge in [0.2, 0.25) is 5.95 Å². The molecule has 2 saturated carbocycles. The molecule has 0 atom stereocenters. The molecule has 9 heteroatoms. The molecule has 2 spiro atoms. The normalized spacial score (nSPS) is 21.3. The number of amides is 2.